The fourth-order valence-corrected chi connectivity index (χ4v) is 5.44. The number of aryl methyl sites for hydroxylation is 1. The van der Waals surface area contributed by atoms with Gasteiger partial charge in [0, 0.05) is 27.5 Å². The molecule has 4 rings (SSSR count). The van der Waals surface area contributed by atoms with Crippen molar-refractivity contribution in [1.82, 2.24) is 0 Å². The van der Waals surface area contributed by atoms with Crippen LogP contribution in [0, 0.1) is 11.3 Å². The van der Waals surface area contributed by atoms with Gasteiger partial charge in [0.05, 0.1) is 4.90 Å². The highest BCUT2D eigenvalue weighted by Crippen LogP contribution is 2.43. The zero-order valence-corrected chi connectivity index (χ0v) is 19.4. The first-order valence-electron chi connectivity index (χ1n) is 10.0. The van der Waals surface area contributed by atoms with Crippen molar-refractivity contribution in [3.05, 3.63) is 58.3 Å². The Balaban J connectivity index is 1.67. The van der Waals surface area contributed by atoms with Gasteiger partial charge in [0.25, 0.3) is 10.0 Å². The highest BCUT2D eigenvalue weighted by molar-refractivity contribution is 9.10. The molecular weight excluding hydrogens is 450 g/mol. The highest BCUT2D eigenvalue weighted by Gasteiger charge is 2.33. The predicted molar refractivity (Wildman–Crippen MR) is 121 cm³/mol. The molecule has 4 nitrogen and oxygen atoms in total. The summed E-state index contributed by atoms with van der Waals surface area (Å²) in [5.74, 6) is 1.65. The molecule has 1 aliphatic carbocycles. The summed E-state index contributed by atoms with van der Waals surface area (Å²) < 4.78 is 35.1. The zero-order valence-electron chi connectivity index (χ0n) is 17.0. The SMILES string of the molecule is CCC(C)(C)[C@H]1CCc2oc3ccc(NS(=O)(=O)c4ccc(Br)cc4)cc3c2C1. The maximum atomic E-state index is 12.7. The first-order valence-corrected chi connectivity index (χ1v) is 12.3. The molecule has 1 aliphatic rings. The van der Waals surface area contributed by atoms with Crippen molar-refractivity contribution < 1.29 is 12.8 Å². The van der Waals surface area contributed by atoms with E-state index in [-0.39, 0.29) is 10.3 Å². The molecule has 1 heterocycles. The molecule has 0 radical (unpaired) electrons. The largest absolute Gasteiger partial charge is 0.461 e. The fraction of sp³-hybridized carbons (Fsp3) is 0.391. The summed E-state index contributed by atoms with van der Waals surface area (Å²) >= 11 is 3.33. The number of hydrogen-bond donors (Lipinski definition) is 1. The van der Waals surface area contributed by atoms with Gasteiger partial charge in [0.1, 0.15) is 11.3 Å². The normalized spacial score (nSPS) is 17.3. The number of anilines is 1. The molecule has 0 bridgehead atoms. The van der Waals surface area contributed by atoms with Crippen molar-refractivity contribution in [3.8, 4) is 0 Å². The van der Waals surface area contributed by atoms with E-state index in [1.807, 2.05) is 12.1 Å². The van der Waals surface area contributed by atoms with Gasteiger partial charge in [-0.1, -0.05) is 43.1 Å². The van der Waals surface area contributed by atoms with E-state index in [2.05, 4.69) is 41.4 Å². The van der Waals surface area contributed by atoms with Crippen LogP contribution in [0.1, 0.15) is 44.9 Å². The van der Waals surface area contributed by atoms with E-state index in [9.17, 15) is 8.42 Å². The number of nitrogens with one attached hydrogen (secondary N) is 1. The third-order valence-corrected chi connectivity index (χ3v) is 8.36. The number of sulfonamides is 1. The number of furan rings is 1. The van der Waals surface area contributed by atoms with E-state index < -0.39 is 10.0 Å². The van der Waals surface area contributed by atoms with Crippen LogP contribution >= 0.6 is 15.9 Å². The molecule has 2 aromatic carbocycles. The third kappa shape index (κ3) is 3.97. The van der Waals surface area contributed by atoms with E-state index in [1.54, 1.807) is 30.3 Å². The van der Waals surface area contributed by atoms with Crippen molar-refractivity contribution >= 4 is 42.6 Å². The van der Waals surface area contributed by atoms with Gasteiger partial charge in [-0.15, -0.1) is 0 Å². The van der Waals surface area contributed by atoms with Crippen LogP contribution < -0.4 is 4.72 Å². The first-order chi connectivity index (χ1) is 13.7. The van der Waals surface area contributed by atoms with Crippen LogP contribution in [0.5, 0.6) is 0 Å². The molecule has 0 saturated carbocycles. The quantitative estimate of drug-likeness (QED) is 0.455. The minimum atomic E-state index is -3.64. The summed E-state index contributed by atoms with van der Waals surface area (Å²) in [5.41, 5.74) is 2.90. The van der Waals surface area contributed by atoms with Crippen LogP contribution in [0.15, 0.2) is 56.2 Å². The number of fused-ring (bicyclic) bond motifs is 3. The monoisotopic (exact) mass is 475 g/mol. The van der Waals surface area contributed by atoms with Crippen LogP contribution in [0.25, 0.3) is 11.0 Å². The van der Waals surface area contributed by atoms with Gasteiger partial charge in [0.15, 0.2) is 0 Å². The number of benzene rings is 2. The van der Waals surface area contributed by atoms with Gasteiger partial charge in [0.2, 0.25) is 0 Å². The predicted octanol–water partition coefficient (Wildman–Crippen LogP) is 6.54. The lowest BCUT2D eigenvalue weighted by Crippen LogP contribution is -2.28. The topological polar surface area (TPSA) is 59.3 Å². The second-order valence-corrected chi connectivity index (χ2v) is 11.2. The molecule has 154 valence electrons. The lowest BCUT2D eigenvalue weighted by atomic mass is 9.69. The van der Waals surface area contributed by atoms with Crippen molar-refractivity contribution in [2.45, 2.75) is 51.3 Å². The van der Waals surface area contributed by atoms with E-state index in [1.165, 1.54) is 5.56 Å². The lowest BCUT2D eigenvalue weighted by molar-refractivity contribution is 0.179. The summed E-state index contributed by atoms with van der Waals surface area (Å²) in [4.78, 5) is 0.236. The molecule has 0 amide bonds. The second kappa shape index (κ2) is 7.47. The Labute approximate surface area is 180 Å². The van der Waals surface area contributed by atoms with E-state index in [4.69, 9.17) is 4.42 Å². The lowest BCUT2D eigenvalue weighted by Gasteiger charge is -2.36. The molecule has 0 fully saturated rings. The standard InChI is InChI=1S/C23H26BrNO3S/c1-4-23(2,3)15-5-11-21-19(13-15)20-14-17(8-12-22(20)28-21)25-29(26,27)18-9-6-16(24)7-10-18/h6-10,12,14-15,25H,4-5,11,13H2,1-3H3/t15-/m0/s1. The highest BCUT2D eigenvalue weighted by atomic mass is 79.9. The van der Waals surface area contributed by atoms with Gasteiger partial charge >= 0.3 is 0 Å². The number of halogens is 1. The summed E-state index contributed by atoms with van der Waals surface area (Å²) in [5, 5.41) is 1.02. The van der Waals surface area contributed by atoms with Gasteiger partial charge in [-0.3, -0.25) is 4.72 Å². The van der Waals surface area contributed by atoms with Crippen molar-refractivity contribution in [2.24, 2.45) is 11.3 Å². The second-order valence-electron chi connectivity index (χ2n) is 8.56. The molecule has 0 saturated heterocycles. The van der Waals surface area contributed by atoms with Crippen LogP contribution in [-0.4, -0.2) is 8.42 Å². The van der Waals surface area contributed by atoms with Crippen LogP contribution in [0.3, 0.4) is 0 Å². The molecule has 1 aromatic heterocycles. The van der Waals surface area contributed by atoms with Crippen LogP contribution in [-0.2, 0) is 22.9 Å². The number of hydrogen-bond acceptors (Lipinski definition) is 3. The van der Waals surface area contributed by atoms with Gasteiger partial charge in [-0.05, 0) is 66.6 Å². The van der Waals surface area contributed by atoms with Crippen LogP contribution in [0.2, 0.25) is 0 Å². The molecule has 29 heavy (non-hydrogen) atoms. The van der Waals surface area contributed by atoms with Crippen molar-refractivity contribution in [3.63, 3.8) is 0 Å². The van der Waals surface area contributed by atoms with E-state index in [0.29, 0.717) is 11.6 Å². The van der Waals surface area contributed by atoms with Gasteiger partial charge < -0.3 is 4.42 Å². The average molecular weight is 476 g/mol. The van der Waals surface area contributed by atoms with E-state index in [0.717, 1.165) is 46.9 Å². The van der Waals surface area contributed by atoms with Gasteiger partial charge in [-0.25, -0.2) is 8.42 Å². The Bertz CT molecular complexity index is 1150. The minimum absolute atomic E-state index is 0.236. The molecule has 0 unspecified atom stereocenters. The molecule has 6 heteroatoms. The Morgan fingerprint density at radius 2 is 1.90 bits per heavy atom. The fourth-order valence-electron chi connectivity index (χ4n) is 4.13. The average Bonchev–Trinajstić information content (AvgIpc) is 3.05. The summed E-state index contributed by atoms with van der Waals surface area (Å²) in [6, 6.07) is 12.2. The Hall–Kier alpha value is -1.79. The maximum Gasteiger partial charge on any atom is 0.261 e. The molecular formula is C23H26BrNO3S. The first kappa shape index (κ1) is 20.5. The molecule has 3 aromatic rings. The Morgan fingerprint density at radius 3 is 2.59 bits per heavy atom. The van der Waals surface area contributed by atoms with Crippen LogP contribution in [0.4, 0.5) is 5.69 Å². The summed E-state index contributed by atoms with van der Waals surface area (Å²) in [7, 11) is -3.64. The van der Waals surface area contributed by atoms with Crippen molar-refractivity contribution in [2.75, 3.05) is 4.72 Å². The number of rotatable bonds is 5. The molecule has 0 spiro atoms. The minimum Gasteiger partial charge on any atom is -0.461 e. The Kier molecular flexibility index (Phi) is 5.28. The van der Waals surface area contributed by atoms with E-state index >= 15 is 0 Å². The van der Waals surface area contributed by atoms with Crippen molar-refractivity contribution in [1.29, 1.82) is 0 Å². The van der Waals surface area contributed by atoms with Gasteiger partial charge in [-0.2, -0.15) is 0 Å². The zero-order chi connectivity index (χ0) is 20.8. The Morgan fingerprint density at radius 1 is 1.17 bits per heavy atom. The summed E-state index contributed by atoms with van der Waals surface area (Å²) in [6.07, 6.45) is 4.20. The third-order valence-electron chi connectivity index (χ3n) is 6.44. The maximum absolute atomic E-state index is 12.7. The smallest absolute Gasteiger partial charge is 0.261 e. The summed E-state index contributed by atoms with van der Waals surface area (Å²) in [6.45, 7) is 6.92. The molecule has 0 aliphatic heterocycles. The molecule has 1 atom stereocenters. The molecule has 1 N–H and O–H groups in total.